The van der Waals surface area contributed by atoms with Gasteiger partial charge in [0.15, 0.2) is 6.61 Å². The summed E-state index contributed by atoms with van der Waals surface area (Å²) in [7, 11) is 1.76. The number of carbonyl (C=O) groups is 2. The van der Waals surface area contributed by atoms with Crippen molar-refractivity contribution in [2.45, 2.75) is 13.5 Å². The van der Waals surface area contributed by atoms with Crippen LogP contribution in [0, 0.1) is 6.92 Å². The first-order valence-corrected chi connectivity index (χ1v) is 9.40. The van der Waals surface area contributed by atoms with E-state index in [1.165, 1.54) is 0 Å². The molecule has 0 bridgehead atoms. The van der Waals surface area contributed by atoms with Crippen molar-refractivity contribution in [3.8, 4) is 5.75 Å². The van der Waals surface area contributed by atoms with Crippen LogP contribution in [-0.2, 0) is 11.3 Å². The van der Waals surface area contributed by atoms with Crippen LogP contribution in [0.3, 0.4) is 0 Å². The number of benzene rings is 3. The highest BCUT2D eigenvalue weighted by Crippen LogP contribution is 2.17. The number of hydrogen-bond donors (Lipinski definition) is 1. The van der Waals surface area contributed by atoms with Crippen LogP contribution in [0.1, 0.15) is 21.5 Å². The van der Waals surface area contributed by atoms with E-state index in [9.17, 15) is 9.59 Å². The van der Waals surface area contributed by atoms with Gasteiger partial charge in [-0.3, -0.25) is 9.59 Å². The van der Waals surface area contributed by atoms with Crippen LogP contribution >= 0.6 is 0 Å². The Kier molecular flexibility index (Phi) is 6.63. The molecule has 0 radical (unpaired) electrons. The Hall–Kier alpha value is -3.60. The molecular weight excluding hydrogens is 364 g/mol. The summed E-state index contributed by atoms with van der Waals surface area (Å²) in [4.78, 5) is 26.6. The lowest BCUT2D eigenvalue weighted by atomic mass is 10.1. The lowest BCUT2D eigenvalue weighted by Crippen LogP contribution is -2.26. The number of hydrogen-bond acceptors (Lipinski definition) is 3. The average molecular weight is 388 g/mol. The van der Waals surface area contributed by atoms with Crippen molar-refractivity contribution in [1.29, 1.82) is 0 Å². The van der Waals surface area contributed by atoms with E-state index in [2.05, 4.69) is 5.32 Å². The standard InChI is InChI=1S/C24H24N2O3/c1-18-9-6-7-14-22(18)29-17-23(27)25-21-13-8-12-20(15-21)24(28)26(2)16-19-10-4-3-5-11-19/h3-15H,16-17H2,1-2H3,(H,25,27). The Balaban J connectivity index is 1.59. The van der Waals surface area contributed by atoms with Crippen LogP contribution in [0.4, 0.5) is 5.69 Å². The zero-order valence-electron chi connectivity index (χ0n) is 16.6. The van der Waals surface area contributed by atoms with E-state index in [1.807, 2.05) is 61.5 Å². The monoisotopic (exact) mass is 388 g/mol. The van der Waals surface area contributed by atoms with E-state index in [-0.39, 0.29) is 18.4 Å². The normalized spacial score (nSPS) is 10.3. The van der Waals surface area contributed by atoms with Gasteiger partial charge < -0.3 is 15.0 Å². The fourth-order valence-electron chi connectivity index (χ4n) is 2.94. The zero-order chi connectivity index (χ0) is 20.6. The smallest absolute Gasteiger partial charge is 0.262 e. The Morgan fingerprint density at radius 1 is 0.931 bits per heavy atom. The fourth-order valence-corrected chi connectivity index (χ4v) is 2.94. The number of anilines is 1. The number of ether oxygens (including phenoxy) is 1. The first-order valence-electron chi connectivity index (χ1n) is 9.40. The number of nitrogens with one attached hydrogen (secondary N) is 1. The summed E-state index contributed by atoms with van der Waals surface area (Å²) < 4.78 is 5.57. The summed E-state index contributed by atoms with van der Waals surface area (Å²) >= 11 is 0. The van der Waals surface area contributed by atoms with E-state index in [4.69, 9.17) is 4.74 Å². The van der Waals surface area contributed by atoms with Crippen LogP contribution < -0.4 is 10.1 Å². The first-order chi connectivity index (χ1) is 14.0. The Bertz CT molecular complexity index is 986. The van der Waals surface area contributed by atoms with Crippen molar-refractivity contribution >= 4 is 17.5 Å². The maximum absolute atomic E-state index is 12.7. The SMILES string of the molecule is Cc1ccccc1OCC(=O)Nc1cccc(C(=O)N(C)Cc2ccccc2)c1. The Morgan fingerprint density at radius 3 is 2.41 bits per heavy atom. The maximum Gasteiger partial charge on any atom is 0.262 e. The molecule has 3 aromatic carbocycles. The van der Waals surface area contributed by atoms with E-state index >= 15 is 0 Å². The molecule has 0 aliphatic rings. The van der Waals surface area contributed by atoms with Crippen LogP contribution in [0.5, 0.6) is 5.75 Å². The molecule has 29 heavy (non-hydrogen) atoms. The van der Waals surface area contributed by atoms with Gasteiger partial charge in [-0.2, -0.15) is 0 Å². The molecule has 3 rings (SSSR count). The third-order valence-corrected chi connectivity index (χ3v) is 4.45. The Morgan fingerprint density at radius 2 is 1.66 bits per heavy atom. The molecule has 0 unspecified atom stereocenters. The van der Waals surface area contributed by atoms with Crippen molar-refractivity contribution < 1.29 is 14.3 Å². The maximum atomic E-state index is 12.7. The predicted molar refractivity (Wildman–Crippen MR) is 114 cm³/mol. The molecule has 1 N–H and O–H groups in total. The van der Waals surface area contributed by atoms with Gasteiger partial charge in [0.25, 0.3) is 11.8 Å². The summed E-state index contributed by atoms with van der Waals surface area (Å²) in [6.45, 7) is 2.34. The van der Waals surface area contributed by atoms with Crippen LogP contribution in [0.25, 0.3) is 0 Å². The van der Waals surface area contributed by atoms with E-state index in [0.717, 1.165) is 11.1 Å². The summed E-state index contributed by atoms with van der Waals surface area (Å²) in [6.07, 6.45) is 0. The van der Waals surface area contributed by atoms with Gasteiger partial charge in [-0.05, 0) is 42.3 Å². The van der Waals surface area contributed by atoms with Gasteiger partial charge in [0.05, 0.1) is 0 Å². The summed E-state index contributed by atoms with van der Waals surface area (Å²) in [5.74, 6) is 0.283. The lowest BCUT2D eigenvalue weighted by molar-refractivity contribution is -0.118. The molecule has 3 aromatic rings. The van der Waals surface area contributed by atoms with Gasteiger partial charge in [-0.15, -0.1) is 0 Å². The summed E-state index contributed by atoms with van der Waals surface area (Å²) in [5.41, 5.74) is 3.10. The highest BCUT2D eigenvalue weighted by molar-refractivity contribution is 5.97. The van der Waals surface area contributed by atoms with Gasteiger partial charge in [0.2, 0.25) is 0 Å². The molecule has 148 valence electrons. The van der Waals surface area contributed by atoms with Crippen LogP contribution in [-0.4, -0.2) is 30.4 Å². The van der Waals surface area contributed by atoms with Gasteiger partial charge in [-0.1, -0.05) is 54.6 Å². The molecule has 0 aliphatic heterocycles. The molecule has 0 aromatic heterocycles. The van der Waals surface area contributed by atoms with Crippen molar-refractivity contribution in [1.82, 2.24) is 4.90 Å². The quantitative estimate of drug-likeness (QED) is 0.657. The average Bonchev–Trinajstić information content (AvgIpc) is 2.73. The van der Waals surface area contributed by atoms with Crippen molar-refractivity contribution in [3.05, 3.63) is 95.6 Å². The molecule has 0 spiro atoms. The number of para-hydroxylation sites is 1. The minimum atomic E-state index is -0.282. The van der Waals surface area contributed by atoms with E-state index in [0.29, 0.717) is 23.5 Å². The second kappa shape index (κ2) is 9.55. The fraction of sp³-hybridized carbons (Fsp3) is 0.167. The molecule has 0 saturated carbocycles. The lowest BCUT2D eigenvalue weighted by Gasteiger charge is -2.18. The molecule has 0 saturated heterocycles. The van der Waals surface area contributed by atoms with Gasteiger partial charge in [-0.25, -0.2) is 0 Å². The minimum absolute atomic E-state index is 0.100. The highest BCUT2D eigenvalue weighted by Gasteiger charge is 2.13. The van der Waals surface area contributed by atoms with Gasteiger partial charge in [0.1, 0.15) is 5.75 Å². The second-order valence-corrected chi connectivity index (χ2v) is 6.83. The zero-order valence-corrected chi connectivity index (χ0v) is 16.6. The third kappa shape index (κ3) is 5.69. The molecule has 0 atom stereocenters. The number of rotatable bonds is 7. The molecule has 5 nitrogen and oxygen atoms in total. The molecule has 5 heteroatoms. The molecule has 2 amide bonds. The number of amides is 2. The van der Waals surface area contributed by atoms with Gasteiger partial charge in [0, 0.05) is 24.8 Å². The summed E-state index contributed by atoms with van der Waals surface area (Å²) in [5, 5.41) is 2.78. The molecule has 0 aliphatic carbocycles. The van der Waals surface area contributed by atoms with E-state index < -0.39 is 0 Å². The summed E-state index contributed by atoms with van der Waals surface area (Å²) in [6, 6.07) is 24.2. The number of nitrogens with zero attached hydrogens (tertiary/aromatic N) is 1. The molecular formula is C24H24N2O3. The second-order valence-electron chi connectivity index (χ2n) is 6.83. The van der Waals surface area contributed by atoms with Crippen LogP contribution in [0.2, 0.25) is 0 Å². The molecule has 0 fully saturated rings. The minimum Gasteiger partial charge on any atom is -0.483 e. The van der Waals surface area contributed by atoms with Gasteiger partial charge >= 0.3 is 0 Å². The Labute approximate surface area is 170 Å². The van der Waals surface area contributed by atoms with E-state index in [1.54, 1.807) is 36.2 Å². The third-order valence-electron chi connectivity index (χ3n) is 4.45. The first kappa shape index (κ1) is 20.1. The van der Waals surface area contributed by atoms with Crippen molar-refractivity contribution in [2.75, 3.05) is 19.0 Å². The highest BCUT2D eigenvalue weighted by atomic mass is 16.5. The van der Waals surface area contributed by atoms with Crippen molar-refractivity contribution in [2.24, 2.45) is 0 Å². The number of aryl methyl sites for hydroxylation is 1. The predicted octanol–water partition coefficient (Wildman–Crippen LogP) is 4.28. The van der Waals surface area contributed by atoms with Crippen LogP contribution in [0.15, 0.2) is 78.9 Å². The largest absolute Gasteiger partial charge is 0.483 e. The number of carbonyl (C=O) groups excluding carboxylic acids is 2. The topological polar surface area (TPSA) is 58.6 Å². The van der Waals surface area contributed by atoms with Crippen molar-refractivity contribution in [3.63, 3.8) is 0 Å². The molecule has 0 heterocycles.